The molecule has 0 spiro atoms. The molecule has 11 heavy (non-hydrogen) atoms. The van der Waals surface area contributed by atoms with Gasteiger partial charge in [-0.1, -0.05) is 0 Å². The fourth-order valence-corrected chi connectivity index (χ4v) is 1.51. The van der Waals surface area contributed by atoms with Crippen LogP contribution < -0.4 is 11.1 Å². The maximum atomic E-state index is 5.85. The lowest BCUT2D eigenvalue weighted by molar-refractivity contribution is 0.456. The molecule has 1 aliphatic heterocycles. The highest BCUT2D eigenvalue weighted by Crippen LogP contribution is 2.21. The molecule has 0 saturated carbocycles. The molecule has 0 aromatic carbocycles. The molecule has 0 bridgehead atoms. The van der Waals surface area contributed by atoms with E-state index in [0.717, 1.165) is 18.8 Å². The molecule has 1 aliphatic rings. The maximum Gasteiger partial charge on any atom is 0.109 e. The first kappa shape index (κ1) is 6.88. The van der Waals surface area contributed by atoms with Gasteiger partial charge in [-0.25, -0.2) is 0 Å². The average molecular weight is 152 g/mol. The van der Waals surface area contributed by atoms with Crippen molar-refractivity contribution in [2.45, 2.75) is 12.0 Å². The fourth-order valence-electron chi connectivity index (χ4n) is 1.51. The summed E-state index contributed by atoms with van der Waals surface area (Å²) >= 11 is 0. The summed E-state index contributed by atoms with van der Waals surface area (Å²) in [5.41, 5.74) is 5.85. The Morgan fingerprint density at radius 3 is 3.00 bits per heavy atom. The molecule has 1 saturated heterocycles. The van der Waals surface area contributed by atoms with Crippen LogP contribution >= 0.6 is 0 Å². The number of hydrogen-bond acceptors (Lipinski definition) is 3. The summed E-state index contributed by atoms with van der Waals surface area (Å²) < 4.78 is 5.27. The van der Waals surface area contributed by atoms with Gasteiger partial charge in [0.25, 0.3) is 0 Å². The van der Waals surface area contributed by atoms with Gasteiger partial charge in [0.2, 0.25) is 0 Å². The second kappa shape index (κ2) is 2.68. The minimum absolute atomic E-state index is 0.209. The molecule has 0 unspecified atom stereocenters. The van der Waals surface area contributed by atoms with Gasteiger partial charge in [0, 0.05) is 25.0 Å². The Balaban J connectivity index is 2.16. The number of rotatable bonds is 1. The highest BCUT2D eigenvalue weighted by atomic mass is 16.3. The van der Waals surface area contributed by atoms with Gasteiger partial charge in [0.05, 0.1) is 6.26 Å². The Hall–Kier alpha value is -0.800. The van der Waals surface area contributed by atoms with E-state index in [0.29, 0.717) is 5.92 Å². The molecule has 2 atom stereocenters. The molecule has 3 nitrogen and oxygen atoms in total. The molecule has 1 aromatic heterocycles. The van der Waals surface area contributed by atoms with Gasteiger partial charge < -0.3 is 15.5 Å². The van der Waals surface area contributed by atoms with Crippen LogP contribution in [0.15, 0.2) is 22.8 Å². The number of hydrogen-bond donors (Lipinski definition) is 2. The van der Waals surface area contributed by atoms with Crippen molar-refractivity contribution in [3.05, 3.63) is 24.2 Å². The topological polar surface area (TPSA) is 51.2 Å². The van der Waals surface area contributed by atoms with Crippen molar-refractivity contribution in [1.82, 2.24) is 5.32 Å². The molecule has 2 heterocycles. The van der Waals surface area contributed by atoms with E-state index in [1.54, 1.807) is 6.26 Å². The van der Waals surface area contributed by atoms with E-state index in [4.69, 9.17) is 10.2 Å². The predicted octanol–water partition coefficient (Wildman–Crippen LogP) is 0.294. The van der Waals surface area contributed by atoms with Gasteiger partial charge in [-0.15, -0.1) is 0 Å². The smallest absolute Gasteiger partial charge is 0.109 e. The molecule has 0 aliphatic carbocycles. The Kier molecular flexibility index (Phi) is 1.68. The van der Waals surface area contributed by atoms with E-state index in [-0.39, 0.29) is 6.04 Å². The highest BCUT2D eigenvalue weighted by Gasteiger charge is 2.26. The second-order valence-corrected chi connectivity index (χ2v) is 2.94. The van der Waals surface area contributed by atoms with Gasteiger partial charge in [-0.05, 0) is 12.1 Å². The summed E-state index contributed by atoms with van der Waals surface area (Å²) in [4.78, 5) is 0. The third kappa shape index (κ3) is 1.17. The van der Waals surface area contributed by atoms with E-state index in [9.17, 15) is 0 Å². The largest absolute Gasteiger partial charge is 0.469 e. The summed E-state index contributed by atoms with van der Waals surface area (Å²) in [6.07, 6.45) is 1.69. The lowest BCUT2D eigenvalue weighted by atomic mass is 10.0. The molecule has 3 heteroatoms. The van der Waals surface area contributed by atoms with Gasteiger partial charge in [0.1, 0.15) is 5.76 Å². The van der Waals surface area contributed by atoms with Gasteiger partial charge in [-0.3, -0.25) is 0 Å². The zero-order chi connectivity index (χ0) is 7.68. The normalized spacial score (nSPS) is 31.0. The summed E-state index contributed by atoms with van der Waals surface area (Å²) in [6.45, 7) is 1.83. The standard InChI is InChI=1S/C8H12N2O/c9-7-5-10-4-6(7)8-2-1-3-11-8/h1-3,6-7,10H,4-5,9H2/t6-,7+/m0/s1. The molecule has 3 N–H and O–H groups in total. The van der Waals surface area contributed by atoms with Crippen LogP contribution in [0.25, 0.3) is 0 Å². The molecule has 0 radical (unpaired) electrons. The van der Waals surface area contributed by atoms with Crippen LogP contribution in [0, 0.1) is 0 Å². The molecular weight excluding hydrogens is 140 g/mol. The van der Waals surface area contributed by atoms with Crippen LogP contribution in [0.4, 0.5) is 0 Å². The third-order valence-electron chi connectivity index (χ3n) is 2.17. The zero-order valence-electron chi connectivity index (χ0n) is 6.29. The third-order valence-corrected chi connectivity index (χ3v) is 2.17. The molecular formula is C8H12N2O. The number of nitrogens with one attached hydrogen (secondary N) is 1. The van der Waals surface area contributed by atoms with Crippen molar-refractivity contribution >= 4 is 0 Å². The predicted molar refractivity (Wildman–Crippen MR) is 42.3 cm³/mol. The number of furan rings is 1. The first-order chi connectivity index (χ1) is 5.38. The zero-order valence-corrected chi connectivity index (χ0v) is 6.29. The molecule has 60 valence electrons. The van der Waals surface area contributed by atoms with E-state index >= 15 is 0 Å². The van der Waals surface area contributed by atoms with Gasteiger partial charge in [-0.2, -0.15) is 0 Å². The first-order valence-corrected chi connectivity index (χ1v) is 3.87. The van der Waals surface area contributed by atoms with Crippen LogP contribution in [0.3, 0.4) is 0 Å². The van der Waals surface area contributed by atoms with E-state index in [2.05, 4.69) is 5.32 Å². The quantitative estimate of drug-likeness (QED) is 0.608. The van der Waals surface area contributed by atoms with E-state index < -0.39 is 0 Å². The Morgan fingerprint density at radius 2 is 2.45 bits per heavy atom. The summed E-state index contributed by atoms with van der Waals surface area (Å²) in [5.74, 6) is 1.37. The molecule has 2 rings (SSSR count). The lowest BCUT2D eigenvalue weighted by Gasteiger charge is -2.09. The summed E-state index contributed by atoms with van der Waals surface area (Å²) in [7, 11) is 0. The summed E-state index contributed by atoms with van der Waals surface area (Å²) in [6, 6.07) is 4.10. The Labute approximate surface area is 65.6 Å². The van der Waals surface area contributed by atoms with Crippen molar-refractivity contribution in [2.75, 3.05) is 13.1 Å². The molecule has 0 amide bonds. The van der Waals surface area contributed by atoms with Crippen molar-refractivity contribution in [1.29, 1.82) is 0 Å². The van der Waals surface area contributed by atoms with Gasteiger partial charge >= 0.3 is 0 Å². The van der Waals surface area contributed by atoms with E-state index in [1.807, 2.05) is 12.1 Å². The van der Waals surface area contributed by atoms with Crippen LogP contribution in [-0.2, 0) is 0 Å². The molecule has 1 fully saturated rings. The SMILES string of the molecule is N[C@@H]1CNC[C@@H]1c1ccco1. The Bertz CT molecular complexity index is 220. The highest BCUT2D eigenvalue weighted by molar-refractivity contribution is 5.11. The Morgan fingerprint density at radius 1 is 1.55 bits per heavy atom. The fraction of sp³-hybridized carbons (Fsp3) is 0.500. The minimum atomic E-state index is 0.209. The van der Waals surface area contributed by atoms with Crippen molar-refractivity contribution in [3.8, 4) is 0 Å². The second-order valence-electron chi connectivity index (χ2n) is 2.94. The lowest BCUT2D eigenvalue weighted by Crippen LogP contribution is -2.27. The van der Waals surface area contributed by atoms with Crippen molar-refractivity contribution < 1.29 is 4.42 Å². The van der Waals surface area contributed by atoms with Crippen molar-refractivity contribution in [2.24, 2.45) is 5.73 Å². The van der Waals surface area contributed by atoms with Crippen LogP contribution in [0.5, 0.6) is 0 Å². The van der Waals surface area contributed by atoms with Crippen LogP contribution in [0.2, 0.25) is 0 Å². The summed E-state index contributed by atoms with van der Waals surface area (Å²) in [5, 5.41) is 3.23. The van der Waals surface area contributed by atoms with Crippen molar-refractivity contribution in [3.63, 3.8) is 0 Å². The van der Waals surface area contributed by atoms with Crippen LogP contribution in [0.1, 0.15) is 11.7 Å². The first-order valence-electron chi connectivity index (χ1n) is 3.87. The van der Waals surface area contributed by atoms with Crippen LogP contribution in [-0.4, -0.2) is 19.1 Å². The molecule has 1 aromatic rings. The van der Waals surface area contributed by atoms with E-state index in [1.165, 1.54) is 0 Å². The monoisotopic (exact) mass is 152 g/mol. The minimum Gasteiger partial charge on any atom is -0.469 e. The number of nitrogens with two attached hydrogens (primary N) is 1. The maximum absolute atomic E-state index is 5.85. The van der Waals surface area contributed by atoms with Gasteiger partial charge in [0.15, 0.2) is 0 Å². The average Bonchev–Trinajstić information content (AvgIpc) is 2.55.